The second kappa shape index (κ2) is 6.95. The van der Waals surface area contributed by atoms with Crippen LogP contribution in [-0.4, -0.2) is 47.7 Å². The first-order valence-electron chi connectivity index (χ1n) is 9.04. The van der Waals surface area contributed by atoms with Gasteiger partial charge in [-0.1, -0.05) is 12.1 Å². The zero-order chi connectivity index (χ0) is 19.0. The maximum Gasteiger partial charge on any atom is 0.272 e. The van der Waals surface area contributed by atoms with E-state index in [0.29, 0.717) is 18.8 Å². The first-order chi connectivity index (χ1) is 13.1. The van der Waals surface area contributed by atoms with E-state index in [1.165, 1.54) is 0 Å². The number of methoxy groups -OCH3 is 2. The second-order valence-electron chi connectivity index (χ2n) is 6.86. The molecule has 6 heteroatoms. The van der Waals surface area contributed by atoms with Crippen molar-refractivity contribution in [2.45, 2.75) is 12.3 Å². The molecule has 27 heavy (non-hydrogen) atoms. The van der Waals surface area contributed by atoms with Crippen LogP contribution in [0.2, 0.25) is 0 Å². The fraction of sp³-hybridized carbons (Fsp3) is 0.333. The standard InChI is InChI=1S/C21H23N3O3/c1-23-11-9-14-7-8-17(22-20(14)23)21(25)24-12-10-15(13-24)16-5-4-6-18(26-2)19(16)27-3/h4-9,11,15H,10,12-13H2,1-3H3. The second-order valence-corrected chi connectivity index (χ2v) is 6.86. The van der Waals surface area contributed by atoms with E-state index >= 15 is 0 Å². The first kappa shape index (κ1) is 17.4. The van der Waals surface area contributed by atoms with E-state index < -0.39 is 0 Å². The fourth-order valence-corrected chi connectivity index (χ4v) is 3.85. The summed E-state index contributed by atoms with van der Waals surface area (Å²) in [5.74, 6) is 1.67. The monoisotopic (exact) mass is 365 g/mol. The van der Waals surface area contributed by atoms with Crippen LogP contribution in [-0.2, 0) is 7.05 Å². The number of aryl methyl sites for hydroxylation is 1. The highest BCUT2D eigenvalue weighted by Gasteiger charge is 2.31. The smallest absolute Gasteiger partial charge is 0.272 e. The summed E-state index contributed by atoms with van der Waals surface area (Å²) in [6.07, 6.45) is 2.84. The predicted octanol–water partition coefficient (Wildman–Crippen LogP) is 3.22. The topological polar surface area (TPSA) is 56.6 Å². The Labute approximate surface area is 158 Å². The van der Waals surface area contributed by atoms with Crippen molar-refractivity contribution in [1.29, 1.82) is 0 Å². The highest BCUT2D eigenvalue weighted by molar-refractivity contribution is 5.94. The molecule has 1 atom stereocenters. The molecule has 0 bridgehead atoms. The molecule has 0 spiro atoms. The summed E-state index contributed by atoms with van der Waals surface area (Å²) in [5.41, 5.74) is 2.40. The van der Waals surface area contributed by atoms with Crippen molar-refractivity contribution >= 4 is 16.9 Å². The average molecular weight is 365 g/mol. The fourth-order valence-electron chi connectivity index (χ4n) is 3.85. The van der Waals surface area contributed by atoms with Crippen LogP contribution in [0.15, 0.2) is 42.6 Å². The van der Waals surface area contributed by atoms with Gasteiger partial charge in [-0.05, 0) is 30.7 Å². The van der Waals surface area contributed by atoms with E-state index in [1.54, 1.807) is 14.2 Å². The molecule has 0 radical (unpaired) electrons. The van der Waals surface area contributed by atoms with Gasteiger partial charge < -0.3 is 18.9 Å². The zero-order valence-corrected chi connectivity index (χ0v) is 15.8. The predicted molar refractivity (Wildman–Crippen MR) is 104 cm³/mol. The van der Waals surface area contributed by atoms with Crippen LogP contribution in [0.5, 0.6) is 11.5 Å². The molecule has 1 amide bonds. The number of ether oxygens (including phenoxy) is 2. The Morgan fingerprint density at radius 1 is 1.15 bits per heavy atom. The number of para-hydroxylation sites is 1. The van der Waals surface area contributed by atoms with Gasteiger partial charge in [-0.2, -0.15) is 0 Å². The van der Waals surface area contributed by atoms with Crippen LogP contribution in [0, 0.1) is 0 Å². The third-order valence-corrected chi connectivity index (χ3v) is 5.28. The van der Waals surface area contributed by atoms with E-state index in [9.17, 15) is 4.79 Å². The number of carbonyl (C=O) groups is 1. The normalized spacial score (nSPS) is 16.7. The molecule has 0 saturated carbocycles. The zero-order valence-electron chi connectivity index (χ0n) is 15.8. The molecular weight excluding hydrogens is 342 g/mol. The number of benzene rings is 1. The number of aromatic nitrogens is 2. The SMILES string of the molecule is COc1cccc(C2CCN(C(=O)c3ccc4ccn(C)c4n3)C2)c1OC. The molecule has 2 aromatic heterocycles. The molecular formula is C21H23N3O3. The summed E-state index contributed by atoms with van der Waals surface area (Å²) in [6.45, 7) is 1.35. The minimum Gasteiger partial charge on any atom is -0.493 e. The number of carbonyl (C=O) groups excluding carboxylic acids is 1. The van der Waals surface area contributed by atoms with Crippen molar-refractivity contribution in [3.8, 4) is 11.5 Å². The number of rotatable bonds is 4. The van der Waals surface area contributed by atoms with Crippen LogP contribution >= 0.6 is 0 Å². The molecule has 1 aromatic carbocycles. The van der Waals surface area contributed by atoms with E-state index in [0.717, 1.165) is 34.5 Å². The number of pyridine rings is 1. The van der Waals surface area contributed by atoms with Crippen molar-refractivity contribution in [2.75, 3.05) is 27.3 Å². The molecule has 0 aliphatic carbocycles. The highest BCUT2D eigenvalue weighted by atomic mass is 16.5. The Hall–Kier alpha value is -3.02. The van der Waals surface area contributed by atoms with Crippen LogP contribution in [0.25, 0.3) is 11.0 Å². The Morgan fingerprint density at radius 3 is 2.78 bits per heavy atom. The molecule has 3 heterocycles. The quantitative estimate of drug-likeness (QED) is 0.712. The lowest BCUT2D eigenvalue weighted by atomic mass is 9.97. The molecule has 1 aliphatic rings. The minimum atomic E-state index is -0.0255. The van der Waals surface area contributed by atoms with Gasteiger partial charge in [0, 0.05) is 43.2 Å². The van der Waals surface area contributed by atoms with Crippen LogP contribution < -0.4 is 9.47 Å². The van der Waals surface area contributed by atoms with E-state index in [2.05, 4.69) is 4.98 Å². The summed E-state index contributed by atoms with van der Waals surface area (Å²) in [4.78, 5) is 19.4. The maximum atomic E-state index is 13.0. The van der Waals surface area contributed by atoms with Crippen molar-refractivity contribution in [1.82, 2.24) is 14.5 Å². The van der Waals surface area contributed by atoms with E-state index in [4.69, 9.17) is 9.47 Å². The van der Waals surface area contributed by atoms with Gasteiger partial charge in [-0.15, -0.1) is 0 Å². The summed E-state index contributed by atoms with van der Waals surface area (Å²) < 4.78 is 12.9. The lowest BCUT2D eigenvalue weighted by molar-refractivity contribution is 0.0785. The van der Waals surface area contributed by atoms with Gasteiger partial charge in [0.05, 0.1) is 14.2 Å². The number of amides is 1. The molecule has 1 saturated heterocycles. The molecule has 1 unspecified atom stereocenters. The van der Waals surface area contributed by atoms with Crippen molar-refractivity contribution in [3.63, 3.8) is 0 Å². The van der Waals surface area contributed by atoms with Crippen LogP contribution in [0.4, 0.5) is 0 Å². The van der Waals surface area contributed by atoms with Gasteiger partial charge in [0.15, 0.2) is 11.5 Å². The molecule has 1 fully saturated rings. The van der Waals surface area contributed by atoms with Gasteiger partial charge in [-0.25, -0.2) is 4.98 Å². The molecule has 3 aromatic rings. The van der Waals surface area contributed by atoms with E-state index in [-0.39, 0.29) is 11.8 Å². The Morgan fingerprint density at radius 2 is 2.00 bits per heavy atom. The number of fused-ring (bicyclic) bond motifs is 1. The van der Waals surface area contributed by atoms with Crippen molar-refractivity contribution < 1.29 is 14.3 Å². The molecule has 4 rings (SSSR count). The largest absolute Gasteiger partial charge is 0.493 e. The lowest BCUT2D eigenvalue weighted by Crippen LogP contribution is -2.29. The average Bonchev–Trinajstić information content (AvgIpc) is 3.34. The van der Waals surface area contributed by atoms with Gasteiger partial charge in [0.2, 0.25) is 0 Å². The molecule has 0 N–H and O–H groups in total. The van der Waals surface area contributed by atoms with E-state index in [1.807, 2.05) is 59.1 Å². The van der Waals surface area contributed by atoms with Gasteiger partial charge in [0.25, 0.3) is 5.91 Å². The lowest BCUT2D eigenvalue weighted by Gasteiger charge is -2.19. The molecule has 140 valence electrons. The maximum absolute atomic E-state index is 13.0. The summed E-state index contributed by atoms with van der Waals surface area (Å²) in [7, 11) is 5.22. The number of hydrogen-bond donors (Lipinski definition) is 0. The summed E-state index contributed by atoms with van der Waals surface area (Å²) in [6, 6.07) is 11.7. The van der Waals surface area contributed by atoms with Crippen LogP contribution in [0.1, 0.15) is 28.4 Å². The third-order valence-electron chi connectivity index (χ3n) is 5.28. The van der Waals surface area contributed by atoms with Crippen molar-refractivity contribution in [2.24, 2.45) is 7.05 Å². The Kier molecular flexibility index (Phi) is 4.48. The molecule has 1 aliphatic heterocycles. The first-order valence-corrected chi connectivity index (χ1v) is 9.04. The van der Waals surface area contributed by atoms with Crippen LogP contribution in [0.3, 0.4) is 0 Å². The van der Waals surface area contributed by atoms with Gasteiger partial charge in [-0.3, -0.25) is 4.79 Å². The Bertz CT molecular complexity index is 996. The number of likely N-dealkylation sites (tertiary alicyclic amines) is 1. The van der Waals surface area contributed by atoms with Gasteiger partial charge >= 0.3 is 0 Å². The third kappa shape index (κ3) is 3.01. The molecule has 6 nitrogen and oxygen atoms in total. The highest BCUT2D eigenvalue weighted by Crippen LogP contribution is 2.39. The van der Waals surface area contributed by atoms with Crippen molar-refractivity contribution in [3.05, 3.63) is 53.9 Å². The summed E-state index contributed by atoms with van der Waals surface area (Å²) >= 11 is 0. The summed E-state index contributed by atoms with van der Waals surface area (Å²) in [5, 5.41) is 1.04. The Balaban J connectivity index is 1.57. The number of hydrogen-bond acceptors (Lipinski definition) is 4. The minimum absolute atomic E-state index is 0.0255. The number of nitrogens with zero attached hydrogens (tertiary/aromatic N) is 3. The van der Waals surface area contributed by atoms with Gasteiger partial charge in [0.1, 0.15) is 11.3 Å².